The van der Waals surface area contributed by atoms with Gasteiger partial charge in [-0.25, -0.2) is 0 Å². The smallest absolute Gasteiger partial charge is 0.303 e. The third kappa shape index (κ3) is 6.38. The topological polar surface area (TPSA) is 137 Å². The van der Waals surface area contributed by atoms with Crippen molar-refractivity contribution < 1.29 is 37.3 Å². The summed E-state index contributed by atoms with van der Waals surface area (Å²) >= 11 is 0. The summed E-state index contributed by atoms with van der Waals surface area (Å²) in [6.45, 7) is 0.997. The van der Waals surface area contributed by atoms with E-state index < -0.39 is 22.1 Å². The molecule has 3 N–H and O–H groups in total. The SMILES string of the molecule is O=C(O)CCCn1/c(=C/C=C/C=C/C=C/C2=[N+](CCCC(=O)O)c3ccc(S(=O)(=O)O)c4cccc2c34)c2cccc3cccc1c32. The van der Waals surface area contributed by atoms with Gasteiger partial charge in [0.2, 0.25) is 11.4 Å². The summed E-state index contributed by atoms with van der Waals surface area (Å²) < 4.78 is 38.2. The molecule has 5 aromatic rings. The molecule has 9 nitrogen and oxygen atoms in total. The molecule has 2 heterocycles. The summed E-state index contributed by atoms with van der Waals surface area (Å²) in [4.78, 5) is 22.2. The number of rotatable bonds is 13. The Hall–Kier alpha value is -5.32. The number of allylic oxidation sites excluding steroid dienone is 6. The van der Waals surface area contributed by atoms with E-state index in [0.29, 0.717) is 36.7 Å². The zero-order valence-electron chi connectivity index (χ0n) is 25.4. The summed E-state index contributed by atoms with van der Waals surface area (Å²) in [7, 11) is -4.45. The monoisotopic (exact) mass is 649 g/mol. The van der Waals surface area contributed by atoms with Crippen LogP contribution in [0.2, 0.25) is 0 Å². The van der Waals surface area contributed by atoms with Crippen LogP contribution in [0.5, 0.6) is 0 Å². The summed E-state index contributed by atoms with van der Waals surface area (Å²) in [5.74, 6) is -1.71. The molecule has 0 saturated carbocycles. The van der Waals surface area contributed by atoms with E-state index in [-0.39, 0.29) is 17.7 Å². The molecule has 0 spiro atoms. The van der Waals surface area contributed by atoms with Crippen molar-refractivity contribution in [2.75, 3.05) is 6.54 Å². The van der Waals surface area contributed by atoms with Crippen molar-refractivity contribution in [3.05, 3.63) is 114 Å². The van der Waals surface area contributed by atoms with Gasteiger partial charge in [0.15, 0.2) is 0 Å². The van der Waals surface area contributed by atoms with Crippen molar-refractivity contribution >= 4 is 72.0 Å². The fourth-order valence-corrected chi connectivity index (χ4v) is 7.13. The van der Waals surface area contributed by atoms with Crippen LogP contribution < -0.4 is 5.35 Å². The van der Waals surface area contributed by atoms with Crippen LogP contribution in [0.4, 0.5) is 5.69 Å². The second kappa shape index (κ2) is 13.2. The van der Waals surface area contributed by atoms with E-state index in [1.165, 1.54) is 6.07 Å². The number of carboxylic acids is 2. The largest absolute Gasteiger partial charge is 0.481 e. The van der Waals surface area contributed by atoms with E-state index >= 15 is 0 Å². The van der Waals surface area contributed by atoms with Crippen LogP contribution in [-0.4, -0.2) is 56.5 Å². The lowest BCUT2D eigenvalue weighted by Gasteiger charge is -2.05. The fraction of sp³-hybridized carbons (Fsp3) is 0.162. The summed E-state index contributed by atoms with van der Waals surface area (Å²) in [5.41, 5.74) is 3.42. The molecule has 47 heavy (non-hydrogen) atoms. The lowest BCUT2D eigenvalue weighted by molar-refractivity contribution is -0.436. The molecule has 0 fully saturated rings. The average molecular weight is 650 g/mol. The minimum atomic E-state index is -4.45. The molecule has 0 amide bonds. The van der Waals surface area contributed by atoms with Gasteiger partial charge < -0.3 is 14.8 Å². The standard InChI is InChI=1S/C37H32N2O7S/c40-34(41)19-9-23-38-29(26-13-6-11-25-12-7-18-31(38)36(25)26)16-4-2-1-3-5-17-30-27-14-8-15-28-33(47(44,45)46)22-21-32(37(27)28)39(30)24-10-20-35(42)43/h1-8,11-18,21-22H,9-10,19-20,23-24H2,(H2-,40,41,42,43,44,45,46)/p+1. The molecule has 238 valence electrons. The summed E-state index contributed by atoms with van der Waals surface area (Å²) in [5, 5.41) is 23.9. The van der Waals surface area contributed by atoms with Gasteiger partial charge in [-0.3, -0.25) is 14.1 Å². The maximum absolute atomic E-state index is 12.1. The molecular weight excluding hydrogens is 616 g/mol. The predicted octanol–water partition coefficient (Wildman–Crippen LogP) is 6.24. The van der Waals surface area contributed by atoms with E-state index in [1.54, 1.807) is 18.2 Å². The Kier molecular flexibility index (Phi) is 8.88. The first-order valence-corrected chi connectivity index (χ1v) is 16.7. The molecule has 0 radical (unpaired) electrons. The van der Waals surface area contributed by atoms with Crippen molar-refractivity contribution in [1.29, 1.82) is 0 Å². The Morgan fingerprint density at radius 2 is 1.45 bits per heavy atom. The number of carbonyl (C=O) groups is 2. The van der Waals surface area contributed by atoms with Gasteiger partial charge in [-0.05, 0) is 36.1 Å². The van der Waals surface area contributed by atoms with E-state index in [1.807, 2.05) is 65.3 Å². The van der Waals surface area contributed by atoms with Gasteiger partial charge in [0.25, 0.3) is 10.1 Å². The number of aliphatic carboxylic acids is 2. The minimum absolute atomic E-state index is 0.00708. The lowest BCUT2D eigenvalue weighted by atomic mass is 10.0. The molecule has 0 saturated heterocycles. The molecule has 4 aromatic carbocycles. The van der Waals surface area contributed by atoms with Crippen molar-refractivity contribution in [2.24, 2.45) is 0 Å². The normalized spacial score (nSPS) is 14.0. The van der Waals surface area contributed by atoms with Crippen LogP contribution in [0.1, 0.15) is 31.2 Å². The quantitative estimate of drug-likeness (QED) is 0.0780. The molecule has 0 unspecified atom stereocenters. The van der Waals surface area contributed by atoms with Gasteiger partial charge in [0.05, 0.1) is 17.4 Å². The van der Waals surface area contributed by atoms with Crippen LogP contribution in [-0.2, 0) is 26.3 Å². The maximum Gasteiger partial charge on any atom is 0.303 e. The lowest BCUT2D eigenvalue weighted by Crippen LogP contribution is -2.17. The molecule has 0 bridgehead atoms. The van der Waals surface area contributed by atoms with E-state index in [9.17, 15) is 32.8 Å². The minimum Gasteiger partial charge on any atom is -0.481 e. The van der Waals surface area contributed by atoms with E-state index in [0.717, 1.165) is 44.0 Å². The highest BCUT2D eigenvalue weighted by Crippen LogP contribution is 2.39. The third-order valence-electron chi connectivity index (χ3n) is 8.35. The van der Waals surface area contributed by atoms with Crippen molar-refractivity contribution in [2.45, 2.75) is 37.1 Å². The molecule has 1 aromatic heterocycles. The molecule has 0 aliphatic carbocycles. The van der Waals surface area contributed by atoms with E-state index in [2.05, 4.69) is 28.8 Å². The second-order valence-electron chi connectivity index (χ2n) is 11.3. The Labute approximate surface area is 271 Å². The van der Waals surface area contributed by atoms with Crippen molar-refractivity contribution in [1.82, 2.24) is 4.57 Å². The number of benzene rings is 4. The molecule has 10 heteroatoms. The van der Waals surface area contributed by atoms with E-state index in [4.69, 9.17) is 0 Å². The second-order valence-corrected chi connectivity index (χ2v) is 12.7. The Bertz CT molecular complexity index is 2340. The first kappa shape index (κ1) is 31.7. The molecule has 1 aliphatic heterocycles. The van der Waals surface area contributed by atoms with Crippen LogP contribution in [0, 0.1) is 0 Å². The Balaban J connectivity index is 1.30. The Morgan fingerprint density at radius 3 is 2.21 bits per heavy atom. The van der Waals surface area contributed by atoms with Crippen LogP contribution in [0.15, 0.2) is 108 Å². The zero-order chi connectivity index (χ0) is 33.1. The van der Waals surface area contributed by atoms with Crippen LogP contribution >= 0.6 is 0 Å². The highest BCUT2D eigenvalue weighted by Gasteiger charge is 2.32. The van der Waals surface area contributed by atoms with Gasteiger partial charge >= 0.3 is 11.9 Å². The molecule has 6 rings (SSSR count). The van der Waals surface area contributed by atoms with Gasteiger partial charge in [-0.15, -0.1) is 0 Å². The van der Waals surface area contributed by atoms with Crippen molar-refractivity contribution in [3.8, 4) is 0 Å². The molecule has 1 aliphatic rings. The highest BCUT2D eigenvalue weighted by molar-refractivity contribution is 7.86. The summed E-state index contributed by atoms with van der Waals surface area (Å²) in [6.07, 6.45) is 14.4. The summed E-state index contributed by atoms with van der Waals surface area (Å²) in [6, 6.07) is 20.7. The number of hydrogen-bond acceptors (Lipinski definition) is 4. The van der Waals surface area contributed by atoms with Gasteiger partial charge in [0.1, 0.15) is 11.4 Å². The average Bonchev–Trinajstić information content (AvgIpc) is 3.50. The number of aryl methyl sites for hydroxylation is 1. The number of hydrogen-bond donors (Lipinski definition) is 3. The Morgan fingerprint density at radius 1 is 0.766 bits per heavy atom. The highest BCUT2D eigenvalue weighted by atomic mass is 32.2. The predicted molar refractivity (Wildman–Crippen MR) is 183 cm³/mol. The first-order valence-electron chi connectivity index (χ1n) is 15.3. The number of aromatic nitrogens is 1. The molecule has 0 atom stereocenters. The first-order chi connectivity index (χ1) is 22.6. The van der Waals surface area contributed by atoms with Gasteiger partial charge in [0, 0.05) is 58.6 Å². The van der Waals surface area contributed by atoms with Crippen LogP contribution in [0.3, 0.4) is 0 Å². The van der Waals surface area contributed by atoms with Gasteiger partial charge in [-0.2, -0.15) is 13.0 Å². The molecular formula is C37H33N2O7S+. The van der Waals surface area contributed by atoms with Crippen LogP contribution in [0.25, 0.3) is 38.5 Å². The maximum atomic E-state index is 12.1. The number of carboxylic acid groups (broad SMARTS) is 2. The van der Waals surface area contributed by atoms with Crippen molar-refractivity contribution in [3.63, 3.8) is 0 Å². The third-order valence-corrected chi connectivity index (χ3v) is 9.26. The van der Waals surface area contributed by atoms with Gasteiger partial charge in [-0.1, -0.05) is 72.8 Å². The number of nitrogens with zero attached hydrogens (tertiary/aromatic N) is 2. The zero-order valence-corrected chi connectivity index (χ0v) is 26.2. The fourth-order valence-electron chi connectivity index (χ4n) is 6.44.